The van der Waals surface area contributed by atoms with Gasteiger partial charge in [-0.1, -0.05) is 30.3 Å². The van der Waals surface area contributed by atoms with Gasteiger partial charge in [0.05, 0.1) is 6.04 Å². The first kappa shape index (κ1) is 15.0. The van der Waals surface area contributed by atoms with Gasteiger partial charge in [0.1, 0.15) is 6.42 Å². The van der Waals surface area contributed by atoms with Crippen LogP contribution in [-0.4, -0.2) is 33.9 Å². The van der Waals surface area contributed by atoms with E-state index in [2.05, 4.69) is 16.0 Å². The number of nitrogens with zero attached hydrogens (tertiary/aromatic N) is 2. The van der Waals surface area contributed by atoms with E-state index in [-0.39, 0.29) is 30.3 Å². The van der Waals surface area contributed by atoms with Gasteiger partial charge in [-0.2, -0.15) is 0 Å². The molecule has 5 heteroatoms. The van der Waals surface area contributed by atoms with Crippen LogP contribution in [0.3, 0.4) is 0 Å². The normalized spacial score (nSPS) is 19.7. The second kappa shape index (κ2) is 6.15. The Morgan fingerprint density at radius 3 is 2.58 bits per heavy atom. The van der Waals surface area contributed by atoms with E-state index in [9.17, 15) is 9.59 Å². The summed E-state index contributed by atoms with van der Waals surface area (Å²) in [5.74, 6) is -0.260. The minimum absolute atomic E-state index is 0.0689. The summed E-state index contributed by atoms with van der Waals surface area (Å²) in [6, 6.07) is 14.3. The van der Waals surface area contributed by atoms with Crippen molar-refractivity contribution in [2.75, 3.05) is 6.54 Å². The van der Waals surface area contributed by atoms with Crippen LogP contribution in [0.25, 0.3) is 0 Å². The van der Waals surface area contributed by atoms with Gasteiger partial charge < -0.3 is 14.8 Å². The molecule has 1 N–H and O–H groups in total. The third-order valence-corrected chi connectivity index (χ3v) is 4.73. The number of carbonyl (C=O) groups is 2. The number of fused-ring (bicyclic) bond motifs is 1. The van der Waals surface area contributed by atoms with Crippen LogP contribution < -0.4 is 5.32 Å². The van der Waals surface area contributed by atoms with Crippen LogP contribution in [0.5, 0.6) is 0 Å². The van der Waals surface area contributed by atoms with Gasteiger partial charge in [-0.3, -0.25) is 9.59 Å². The SMILES string of the molecule is O=C(CC(=O)N1CCn2cccc2[C@H]1c1ccccc1)NC1CC1. The number of hydrogen-bond acceptors (Lipinski definition) is 2. The van der Waals surface area contributed by atoms with Crippen LogP contribution in [-0.2, 0) is 16.1 Å². The van der Waals surface area contributed by atoms with Gasteiger partial charge in [0, 0.05) is 31.0 Å². The van der Waals surface area contributed by atoms with Crippen molar-refractivity contribution in [3.63, 3.8) is 0 Å². The quantitative estimate of drug-likeness (QED) is 0.876. The Balaban J connectivity index is 1.58. The minimum atomic E-state index is -0.157. The van der Waals surface area contributed by atoms with Gasteiger partial charge in [0.15, 0.2) is 0 Å². The fourth-order valence-electron chi connectivity index (χ4n) is 3.38. The lowest BCUT2D eigenvalue weighted by Gasteiger charge is -2.37. The van der Waals surface area contributed by atoms with Crippen molar-refractivity contribution in [1.29, 1.82) is 0 Å². The molecule has 1 atom stereocenters. The number of carbonyl (C=O) groups excluding carboxylic acids is 2. The molecular weight excluding hydrogens is 302 g/mol. The highest BCUT2D eigenvalue weighted by Gasteiger charge is 2.33. The number of nitrogens with one attached hydrogen (secondary N) is 1. The summed E-state index contributed by atoms with van der Waals surface area (Å²) in [6.45, 7) is 1.39. The number of aromatic nitrogens is 1. The maximum Gasteiger partial charge on any atom is 0.232 e. The molecule has 124 valence electrons. The molecule has 1 fully saturated rings. The molecule has 0 radical (unpaired) electrons. The molecule has 2 heterocycles. The largest absolute Gasteiger partial charge is 0.353 e. The van der Waals surface area contributed by atoms with E-state index in [0.717, 1.165) is 30.6 Å². The Bertz CT molecular complexity index is 749. The lowest BCUT2D eigenvalue weighted by molar-refractivity contribution is -0.138. The molecule has 2 aliphatic rings. The molecule has 4 rings (SSSR count). The zero-order chi connectivity index (χ0) is 16.5. The molecule has 1 aliphatic carbocycles. The van der Waals surface area contributed by atoms with Gasteiger partial charge in [-0.15, -0.1) is 0 Å². The third-order valence-electron chi connectivity index (χ3n) is 4.73. The fraction of sp³-hybridized carbons (Fsp3) is 0.368. The van der Waals surface area contributed by atoms with Crippen molar-refractivity contribution >= 4 is 11.8 Å². The molecule has 0 spiro atoms. The van der Waals surface area contributed by atoms with Crippen LogP contribution in [0.15, 0.2) is 48.7 Å². The predicted molar refractivity (Wildman–Crippen MR) is 90.2 cm³/mol. The Labute approximate surface area is 141 Å². The second-order valence-corrected chi connectivity index (χ2v) is 6.55. The van der Waals surface area contributed by atoms with Crippen molar-refractivity contribution < 1.29 is 9.59 Å². The molecule has 1 aromatic carbocycles. The molecule has 2 aromatic rings. The summed E-state index contributed by atoms with van der Waals surface area (Å²) in [6.07, 6.45) is 4.04. The van der Waals surface area contributed by atoms with E-state index < -0.39 is 0 Å². The first-order valence-electron chi connectivity index (χ1n) is 8.51. The number of benzene rings is 1. The predicted octanol–water partition coefficient (Wildman–Crippen LogP) is 2.09. The molecule has 24 heavy (non-hydrogen) atoms. The number of amides is 2. The molecule has 0 unspecified atom stereocenters. The van der Waals surface area contributed by atoms with Crippen molar-refractivity contribution in [2.45, 2.75) is 37.9 Å². The van der Waals surface area contributed by atoms with Crippen LogP contribution in [0.2, 0.25) is 0 Å². The molecule has 0 bridgehead atoms. The summed E-state index contributed by atoms with van der Waals surface area (Å²) in [7, 11) is 0. The van der Waals surface area contributed by atoms with E-state index in [4.69, 9.17) is 0 Å². The van der Waals surface area contributed by atoms with Crippen molar-refractivity contribution in [1.82, 2.24) is 14.8 Å². The lowest BCUT2D eigenvalue weighted by Crippen LogP contribution is -2.44. The van der Waals surface area contributed by atoms with Crippen LogP contribution in [0.1, 0.15) is 36.6 Å². The first-order chi connectivity index (χ1) is 11.7. The molecule has 1 aliphatic heterocycles. The Hall–Kier alpha value is -2.56. The molecule has 0 saturated heterocycles. The van der Waals surface area contributed by atoms with Crippen LogP contribution in [0, 0.1) is 0 Å². The average Bonchev–Trinajstić information content (AvgIpc) is 3.27. The minimum Gasteiger partial charge on any atom is -0.353 e. The summed E-state index contributed by atoms with van der Waals surface area (Å²) in [5, 5.41) is 2.90. The maximum atomic E-state index is 12.8. The number of rotatable bonds is 4. The lowest BCUT2D eigenvalue weighted by atomic mass is 9.99. The number of hydrogen-bond donors (Lipinski definition) is 1. The summed E-state index contributed by atoms with van der Waals surface area (Å²) in [5.41, 5.74) is 2.18. The smallest absolute Gasteiger partial charge is 0.232 e. The average molecular weight is 323 g/mol. The highest BCUT2D eigenvalue weighted by molar-refractivity contribution is 5.97. The topological polar surface area (TPSA) is 54.3 Å². The standard InChI is InChI=1S/C19H21N3O2/c23-17(20-15-8-9-15)13-18(24)22-12-11-21-10-4-7-16(21)19(22)14-5-2-1-3-6-14/h1-7,10,15,19H,8-9,11-13H2,(H,20,23)/t19-/m1/s1. The van der Waals surface area contributed by atoms with Gasteiger partial charge in [-0.25, -0.2) is 0 Å². The monoisotopic (exact) mass is 323 g/mol. The maximum absolute atomic E-state index is 12.8. The van der Waals surface area contributed by atoms with Gasteiger partial charge in [0.2, 0.25) is 11.8 Å². The van der Waals surface area contributed by atoms with E-state index in [1.54, 1.807) is 0 Å². The molecule has 2 amide bonds. The zero-order valence-corrected chi connectivity index (χ0v) is 13.5. The van der Waals surface area contributed by atoms with Crippen LogP contribution >= 0.6 is 0 Å². The Morgan fingerprint density at radius 1 is 1.04 bits per heavy atom. The summed E-state index contributed by atoms with van der Waals surface area (Å²) < 4.78 is 2.19. The van der Waals surface area contributed by atoms with Crippen molar-refractivity contribution in [3.05, 3.63) is 59.9 Å². The van der Waals surface area contributed by atoms with Gasteiger partial charge >= 0.3 is 0 Å². The molecule has 5 nitrogen and oxygen atoms in total. The van der Waals surface area contributed by atoms with Gasteiger partial charge in [-0.05, 0) is 30.5 Å². The Kier molecular flexibility index (Phi) is 3.84. The zero-order valence-electron chi connectivity index (χ0n) is 13.5. The second-order valence-electron chi connectivity index (χ2n) is 6.55. The van der Waals surface area contributed by atoms with Crippen LogP contribution in [0.4, 0.5) is 0 Å². The Morgan fingerprint density at radius 2 is 1.83 bits per heavy atom. The molecule has 1 saturated carbocycles. The van der Waals surface area contributed by atoms with E-state index in [1.807, 2.05) is 47.5 Å². The van der Waals surface area contributed by atoms with Gasteiger partial charge in [0.25, 0.3) is 0 Å². The third kappa shape index (κ3) is 2.94. The summed E-state index contributed by atoms with van der Waals surface area (Å²) in [4.78, 5) is 26.6. The highest BCUT2D eigenvalue weighted by Crippen LogP contribution is 2.32. The molecule has 1 aromatic heterocycles. The first-order valence-corrected chi connectivity index (χ1v) is 8.51. The highest BCUT2D eigenvalue weighted by atomic mass is 16.2. The summed E-state index contributed by atoms with van der Waals surface area (Å²) >= 11 is 0. The van der Waals surface area contributed by atoms with E-state index >= 15 is 0 Å². The van der Waals surface area contributed by atoms with Crippen molar-refractivity contribution in [3.8, 4) is 0 Å². The fourth-order valence-corrected chi connectivity index (χ4v) is 3.38. The van der Waals surface area contributed by atoms with E-state index in [1.165, 1.54) is 0 Å². The molecular formula is C19H21N3O2. The van der Waals surface area contributed by atoms with Crippen molar-refractivity contribution in [2.24, 2.45) is 0 Å². The van der Waals surface area contributed by atoms with E-state index in [0.29, 0.717) is 6.54 Å².